The molecule has 4 nitrogen and oxygen atoms in total. The summed E-state index contributed by atoms with van der Waals surface area (Å²) in [4.78, 5) is 8.73. The van der Waals surface area contributed by atoms with Crippen LogP contribution in [0.3, 0.4) is 0 Å². The number of thiocarbonyl (C=S) groups is 1. The Bertz CT molecular complexity index is 641. The fourth-order valence-electron chi connectivity index (χ4n) is 1.86. The number of aromatic nitrogens is 2. The fraction of sp³-hybridized carbons (Fsp3) is 0.267. The van der Waals surface area contributed by atoms with E-state index in [9.17, 15) is 0 Å². The summed E-state index contributed by atoms with van der Waals surface area (Å²) in [5, 5.41) is 0. The first kappa shape index (κ1) is 14.4. The van der Waals surface area contributed by atoms with Crippen molar-refractivity contribution in [1.29, 1.82) is 0 Å². The Morgan fingerprint density at radius 3 is 2.60 bits per heavy atom. The third-order valence-corrected chi connectivity index (χ3v) is 3.04. The van der Waals surface area contributed by atoms with E-state index in [1.165, 1.54) is 0 Å². The van der Waals surface area contributed by atoms with Crippen molar-refractivity contribution in [2.75, 3.05) is 0 Å². The molecule has 0 saturated heterocycles. The number of nitrogens with two attached hydrogens (primary N) is 1. The molecule has 0 fully saturated rings. The van der Waals surface area contributed by atoms with Gasteiger partial charge >= 0.3 is 6.01 Å². The zero-order chi connectivity index (χ0) is 14.7. The number of aryl methyl sites for hydroxylation is 1. The Morgan fingerprint density at radius 1 is 1.25 bits per heavy atom. The number of rotatable bonds is 4. The standard InChI is InChI=1S/C15H17N3OS/c1-9(2)11-6-4-5-7-13(11)19-15-17-10(3)8-12(18-15)14(16)20/h4-9H,1-3H3,(H2,16,20). The molecule has 1 aromatic heterocycles. The van der Waals surface area contributed by atoms with Crippen LogP contribution in [0.15, 0.2) is 30.3 Å². The highest BCUT2D eigenvalue weighted by atomic mass is 32.1. The maximum absolute atomic E-state index is 5.81. The maximum atomic E-state index is 5.81. The van der Waals surface area contributed by atoms with Gasteiger partial charge in [-0.1, -0.05) is 44.3 Å². The van der Waals surface area contributed by atoms with Crippen molar-refractivity contribution >= 4 is 17.2 Å². The van der Waals surface area contributed by atoms with Crippen LogP contribution in [0.5, 0.6) is 11.8 Å². The van der Waals surface area contributed by atoms with Crippen molar-refractivity contribution in [2.45, 2.75) is 26.7 Å². The number of para-hydroxylation sites is 1. The first-order valence-corrected chi connectivity index (χ1v) is 6.80. The zero-order valence-electron chi connectivity index (χ0n) is 11.8. The molecule has 0 atom stereocenters. The summed E-state index contributed by atoms with van der Waals surface area (Å²) < 4.78 is 5.81. The largest absolute Gasteiger partial charge is 0.424 e. The number of benzene rings is 1. The monoisotopic (exact) mass is 287 g/mol. The Morgan fingerprint density at radius 2 is 1.95 bits per heavy atom. The lowest BCUT2D eigenvalue weighted by Gasteiger charge is -2.13. The third kappa shape index (κ3) is 3.30. The molecule has 0 amide bonds. The molecule has 0 unspecified atom stereocenters. The topological polar surface area (TPSA) is 61.0 Å². The van der Waals surface area contributed by atoms with Crippen molar-refractivity contribution in [1.82, 2.24) is 9.97 Å². The minimum absolute atomic E-state index is 0.234. The second kappa shape index (κ2) is 5.96. The van der Waals surface area contributed by atoms with Gasteiger partial charge in [-0.3, -0.25) is 0 Å². The molecule has 2 N–H and O–H groups in total. The van der Waals surface area contributed by atoms with Crippen LogP contribution in [0.1, 0.15) is 36.7 Å². The second-order valence-corrected chi connectivity index (χ2v) is 5.28. The van der Waals surface area contributed by atoms with Gasteiger partial charge in [0.15, 0.2) is 0 Å². The minimum atomic E-state index is 0.234. The molecule has 0 aliphatic heterocycles. The summed E-state index contributed by atoms with van der Waals surface area (Å²) in [6.07, 6.45) is 0. The number of ether oxygens (including phenoxy) is 1. The lowest BCUT2D eigenvalue weighted by molar-refractivity contribution is 0.432. The fourth-order valence-corrected chi connectivity index (χ4v) is 1.97. The molecule has 0 aliphatic carbocycles. The van der Waals surface area contributed by atoms with Gasteiger partial charge in [0.25, 0.3) is 0 Å². The molecule has 0 spiro atoms. The van der Waals surface area contributed by atoms with Crippen molar-refractivity contribution < 1.29 is 4.74 Å². The van der Waals surface area contributed by atoms with Crippen LogP contribution in [-0.4, -0.2) is 15.0 Å². The van der Waals surface area contributed by atoms with Gasteiger partial charge in [0.05, 0.1) is 0 Å². The molecule has 0 aliphatic rings. The predicted molar refractivity (Wildman–Crippen MR) is 83.3 cm³/mol. The molecule has 0 bridgehead atoms. The van der Waals surface area contributed by atoms with E-state index in [4.69, 9.17) is 22.7 Å². The van der Waals surface area contributed by atoms with Gasteiger partial charge in [-0.2, -0.15) is 4.98 Å². The van der Waals surface area contributed by atoms with Crippen molar-refractivity contribution in [3.63, 3.8) is 0 Å². The first-order valence-electron chi connectivity index (χ1n) is 6.39. The molecule has 20 heavy (non-hydrogen) atoms. The van der Waals surface area contributed by atoms with Gasteiger partial charge in [0.2, 0.25) is 0 Å². The molecule has 104 valence electrons. The zero-order valence-corrected chi connectivity index (χ0v) is 12.6. The summed E-state index contributed by atoms with van der Waals surface area (Å²) in [6.45, 7) is 6.07. The van der Waals surface area contributed by atoms with Gasteiger partial charge in [-0.15, -0.1) is 0 Å². The number of hydrogen-bond donors (Lipinski definition) is 1. The van der Waals surface area contributed by atoms with E-state index >= 15 is 0 Å². The van der Waals surface area contributed by atoms with Crippen molar-refractivity contribution in [2.24, 2.45) is 5.73 Å². The van der Waals surface area contributed by atoms with Gasteiger partial charge in [0, 0.05) is 5.69 Å². The highest BCUT2D eigenvalue weighted by molar-refractivity contribution is 7.80. The third-order valence-electron chi connectivity index (χ3n) is 2.83. The Hall–Kier alpha value is -2.01. The van der Waals surface area contributed by atoms with Crippen LogP contribution in [0.25, 0.3) is 0 Å². The average Bonchev–Trinajstić information content (AvgIpc) is 2.38. The highest BCUT2D eigenvalue weighted by Gasteiger charge is 2.11. The van der Waals surface area contributed by atoms with Crippen LogP contribution in [0, 0.1) is 6.92 Å². The average molecular weight is 287 g/mol. The summed E-state index contributed by atoms with van der Waals surface area (Å²) in [5.74, 6) is 1.10. The van der Waals surface area contributed by atoms with E-state index in [1.807, 2.05) is 31.2 Å². The van der Waals surface area contributed by atoms with E-state index in [-0.39, 0.29) is 11.0 Å². The smallest absolute Gasteiger partial charge is 0.322 e. The van der Waals surface area contributed by atoms with Gasteiger partial charge in [-0.25, -0.2) is 4.98 Å². The molecule has 2 rings (SSSR count). The number of nitrogens with zero attached hydrogens (tertiary/aromatic N) is 2. The predicted octanol–water partition coefficient (Wildman–Crippen LogP) is 3.33. The Labute approximate surface area is 124 Å². The van der Waals surface area contributed by atoms with Crippen molar-refractivity contribution in [3.8, 4) is 11.8 Å². The normalized spacial score (nSPS) is 10.6. The maximum Gasteiger partial charge on any atom is 0.322 e. The van der Waals surface area contributed by atoms with Crippen LogP contribution in [0.2, 0.25) is 0 Å². The number of hydrogen-bond acceptors (Lipinski definition) is 4. The van der Waals surface area contributed by atoms with E-state index in [0.717, 1.165) is 17.0 Å². The Balaban J connectivity index is 2.37. The molecule has 1 heterocycles. The van der Waals surface area contributed by atoms with Crippen molar-refractivity contribution in [3.05, 3.63) is 47.3 Å². The van der Waals surface area contributed by atoms with E-state index in [0.29, 0.717) is 11.6 Å². The van der Waals surface area contributed by atoms with E-state index in [2.05, 4.69) is 23.8 Å². The highest BCUT2D eigenvalue weighted by Crippen LogP contribution is 2.28. The van der Waals surface area contributed by atoms with Crippen LogP contribution in [0.4, 0.5) is 0 Å². The SMILES string of the molecule is Cc1cc(C(N)=S)nc(Oc2ccccc2C(C)C)n1. The van der Waals surface area contributed by atoms with Gasteiger partial charge in [0.1, 0.15) is 16.4 Å². The van der Waals surface area contributed by atoms with E-state index in [1.54, 1.807) is 6.07 Å². The quantitative estimate of drug-likeness (QED) is 0.874. The molecule has 0 saturated carbocycles. The molecule has 1 aromatic carbocycles. The van der Waals surface area contributed by atoms with Crippen LogP contribution < -0.4 is 10.5 Å². The summed E-state index contributed by atoms with van der Waals surface area (Å²) in [7, 11) is 0. The van der Waals surface area contributed by atoms with E-state index < -0.39 is 0 Å². The molecular weight excluding hydrogens is 270 g/mol. The first-order chi connectivity index (χ1) is 9.47. The summed E-state index contributed by atoms with van der Waals surface area (Å²) >= 11 is 4.95. The molecular formula is C15H17N3OS. The van der Waals surface area contributed by atoms with Crippen LogP contribution in [-0.2, 0) is 0 Å². The van der Waals surface area contributed by atoms with Gasteiger partial charge in [-0.05, 0) is 30.5 Å². The minimum Gasteiger partial charge on any atom is -0.424 e. The molecule has 5 heteroatoms. The Kier molecular flexibility index (Phi) is 4.29. The molecule has 0 radical (unpaired) electrons. The van der Waals surface area contributed by atoms with Crippen LogP contribution >= 0.6 is 12.2 Å². The van der Waals surface area contributed by atoms with Gasteiger partial charge < -0.3 is 10.5 Å². The molecule has 2 aromatic rings. The lowest BCUT2D eigenvalue weighted by atomic mass is 10.0. The lowest BCUT2D eigenvalue weighted by Crippen LogP contribution is -2.13. The summed E-state index contributed by atoms with van der Waals surface area (Å²) in [5.41, 5.74) is 8.00. The second-order valence-electron chi connectivity index (χ2n) is 4.84. The summed E-state index contributed by atoms with van der Waals surface area (Å²) in [6, 6.07) is 9.85.